The van der Waals surface area contributed by atoms with Crippen molar-refractivity contribution in [1.29, 1.82) is 0 Å². The fourth-order valence-electron chi connectivity index (χ4n) is 1.77. The Kier molecular flexibility index (Phi) is 4.80. The van der Waals surface area contributed by atoms with Crippen molar-refractivity contribution < 1.29 is 19.7 Å². The Hall–Kier alpha value is -3.82. The van der Waals surface area contributed by atoms with Gasteiger partial charge in [-0.05, 0) is 17.7 Å². The molecule has 122 valence electrons. The molecule has 0 saturated heterocycles. The molecule has 0 aliphatic heterocycles. The number of hydrogen-bond donors (Lipinski definition) is 2. The molecule has 0 aromatic heterocycles. The number of aromatic hydroxyl groups is 1. The molecule has 1 amide bonds. The first-order chi connectivity index (χ1) is 11.4. The zero-order valence-corrected chi connectivity index (χ0v) is 11.9. The summed E-state index contributed by atoms with van der Waals surface area (Å²) in [5.41, 5.74) is 1.17. The van der Waals surface area contributed by atoms with Crippen molar-refractivity contribution in [2.45, 2.75) is 0 Å². The van der Waals surface area contributed by atoms with Gasteiger partial charge in [0, 0.05) is 12.1 Å². The molecule has 0 atom stereocenters. The summed E-state index contributed by atoms with van der Waals surface area (Å²) >= 11 is 0. The molecule has 0 radical (unpaired) electrons. The lowest BCUT2D eigenvalue weighted by atomic mass is 10.1. The Morgan fingerprint density at radius 3 is 2.25 bits per heavy atom. The van der Waals surface area contributed by atoms with E-state index in [-0.39, 0.29) is 11.3 Å². The van der Waals surface area contributed by atoms with Gasteiger partial charge in [-0.25, -0.2) is 5.43 Å². The van der Waals surface area contributed by atoms with Crippen LogP contribution in [0.5, 0.6) is 5.75 Å². The van der Waals surface area contributed by atoms with Crippen LogP contribution in [0.1, 0.15) is 15.9 Å². The number of nitro groups is 2. The van der Waals surface area contributed by atoms with Gasteiger partial charge in [0.1, 0.15) is 5.75 Å². The summed E-state index contributed by atoms with van der Waals surface area (Å²) in [7, 11) is 0. The summed E-state index contributed by atoms with van der Waals surface area (Å²) in [6, 6.07) is 8.62. The second-order valence-electron chi connectivity index (χ2n) is 4.55. The number of hydrogen-bond acceptors (Lipinski definition) is 7. The van der Waals surface area contributed by atoms with Gasteiger partial charge in [0.15, 0.2) is 0 Å². The number of benzene rings is 2. The van der Waals surface area contributed by atoms with E-state index in [2.05, 4.69) is 10.5 Å². The third-order valence-corrected chi connectivity index (χ3v) is 2.84. The number of carbonyl (C=O) groups is 1. The largest absolute Gasteiger partial charge is 0.508 e. The lowest BCUT2D eigenvalue weighted by Crippen LogP contribution is -2.18. The highest BCUT2D eigenvalue weighted by atomic mass is 16.6. The van der Waals surface area contributed by atoms with Crippen LogP contribution < -0.4 is 5.43 Å². The molecule has 0 fully saturated rings. The first-order valence-electron chi connectivity index (χ1n) is 6.43. The van der Waals surface area contributed by atoms with Gasteiger partial charge in [-0.2, -0.15) is 5.10 Å². The fourth-order valence-corrected chi connectivity index (χ4v) is 1.77. The van der Waals surface area contributed by atoms with Gasteiger partial charge in [0.05, 0.1) is 27.7 Å². The van der Waals surface area contributed by atoms with Crippen LogP contribution in [0.4, 0.5) is 11.4 Å². The highest BCUT2D eigenvalue weighted by Gasteiger charge is 2.19. The molecule has 24 heavy (non-hydrogen) atoms. The molecule has 0 saturated carbocycles. The average molecular weight is 330 g/mol. The number of rotatable bonds is 5. The molecule has 0 spiro atoms. The molecule has 0 aliphatic carbocycles. The number of carbonyl (C=O) groups excluding carboxylic acids is 1. The predicted octanol–water partition coefficient (Wildman–Crippen LogP) is 1.97. The molecule has 0 bridgehead atoms. The SMILES string of the molecule is O=C(N/N=C\c1cccc(O)c1)c1cc([N+](=O)[O-])cc([N+](=O)[O-])c1. The van der Waals surface area contributed by atoms with Crippen LogP contribution in [-0.4, -0.2) is 27.1 Å². The number of phenolic OH excluding ortho intramolecular Hbond substituents is 1. The third kappa shape index (κ3) is 4.10. The molecular weight excluding hydrogens is 320 g/mol. The summed E-state index contributed by atoms with van der Waals surface area (Å²) in [4.78, 5) is 31.8. The molecule has 10 heteroatoms. The maximum absolute atomic E-state index is 11.9. The minimum Gasteiger partial charge on any atom is -0.508 e. The van der Waals surface area contributed by atoms with E-state index in [1.165, 1.54) is 18.3 Å². The van der Waals surface area contributed by atoms with Crippen molar-refractivity contribution in [1.82, 2.24) is 5.43 Å². The maximum atomic E-state index is 11.9. The lowest BCUT2D eigenvalue weighted by molar-refractivity contribution is -0.394. The second-order valence-corrected chi connectivity index (χ2v) is 4.55. The van der Waals surface area contributed by atoms with Crippen LogP contribution >= 0.6 is 0 Å². The lowest BCUT2D eigenvalue weighted by Gasteiger charge is -2.01. The number of nitrogens with zero attached hydrogens (tertiary/aromatic N) is 3. The summed E-state index contributed by atoms with van der Waals surface area (Å²) in [5.74, 6) is -0.835. The van der Waals surface area contributed by atoms with Crippen LogP contribution in [-0.2, 0) is 0 Å². The standard InChI is InChI=1S/C14H10N4O6/c19-13-3-1-2-9(4-13)8-15-16-14(20)10-5-11(17(21)22)7-12(6-10)18(23)24/h1-8,19H,(H,16,20)/b15-8-. The smallest absolute Gasteiger partial charge is 0.277 e. The molecule has 0 aliphatic rings. The van der Waals surface area contributed by atoms with E-state index in [4.69, 9.17) is 0 Å². The van der Waals surface area contributed by atoms with Gasteiger partial charge in [-0.1, -0.05) is 12.1 Å². The van der Waals surface area contributed by atoms with Crippen molar-refractivity contribution in [3.8, 4) is 5.75 Å². The van der Waals surface area contributed by atoms with Crippen molar-refractivity contribution in [3.05, 3.63) is 73.8 Å². The minimum absolute atomic E-state index is 0.0135. The normalized spacial score (nSPS) is 10.5. The van der Waals surface area contributed by atoms with E-state index in [0.717, 1.165) is 18.2 Å². The van der Waals surface area contributed by atoms with Crippen LogP contribution in [0, 0.1) is 20.2 Å². The Labute approximate surface area is 134 Å². The van der Waals surface area contributed by atoms with Gasteiger partial charge in [-0.15, -0.1) is 0 Å². The number of hydrazone groups is 1. The van der Waals surface area contributed by atoms with E-state index < -0.39 is 27.1 Å². The van der Waals surface area contributed by atoms with E-state index in [1.807, 2.05) is 0 Å². The molecule has 2 N–H and O–H groups in total. The zero-order valence-electron chi connectivity index (χ0n) is 11.9. The van der Waals surface area contributed by atoms with Crippen molar-refractivity contribution in [2.24, 2.45) is 5.10 Å². The van der Waals surface area contributed by atoms with Crippen LogP contribution in [0.2, 0.25) is 0 Å². The van der Waals surface area contributed by atoms with Gasteiger partial charge in [0.2, 0.25) is 0 Å². The van der Waals surface area contributed by atoms with Crippen LogP contribution in [0.25, 0.3) is 0 Å². The quantitative estimate of drug-likeness (QED) is 0.486. The fraction of sp³-hybridized carbons (Fsp3) is 0. The topological polar surface area (TPSA) is 148 Å². The molecule has 10 nitrogen and oxygen atoms in total. The number of phenols is 1. The molecule has 2 rings (SSSR count). The number of amides is 1. The predicted molar refractivity (Wildman–Crippen MR) is 82.9 cm³/mol. The summed E-state index contributed by atoms with van der Waals surface area (Å²) in [6.07, 6.45) is 1.24. The van der Waals surface area contributed by atoms with Crippen molar-refractivity contribution in [2.75, 3.05) is 0 Å². The number of nitrogens with one attached hydrogen (secondary N) is 1. The molecule has 2 aromatic carbocycles. The van der Waals surface area contributed by atoms with Gasteiger partial charge >= 0.3 is 0 Å². The molecule has 2 aromatic rings. The molecular formula is C14H10N4O6. The molecule has 0 unspecified atom stereocenters. The number of nitro benzene ring substituents is 2. The Morgan fingerprint density at radius 2 is 1.71 bits per heavy atom. The van der Waals surface area contributed by atoms with Crippen molar-refractivity contribution in [3.63, 3.8) is 0 Å². The summed E-state index contributed by atoms with van der Waals surface area (Å²) in [6.45, 7) is 0. The summed E-state index contributed by atoms with van der Waals surface area (Å²) < 4.78 is 0. The zero-order chi connectivity index (χ0) is 17.7. The van der Waals surface area contributed by atoms with Crippen LogP contribution in [0.3, 0.4) is 0 Å². The monoisotopic (exact) mass is 330 g/mol. The van der Waals surface area contributed by atoms with Crippen LogP contribution in [0.15, 0.2) is 47.6 Å². The maximum Gasteiger partial charge on any atom is 0.277 e. The number of non-ortho nitro benzene ring substituents is 2. The Bertz CT molecular complexity index is 817. The Balaban J connectivity index is 2.20. The Morgan fingerprint density at radius 1 is 1.08 bits per heavy atom. The van der Waals surface area contributed by atoms with Crippen molar-refractivity contribution >= 4 is 23.5 Å². The van der Waals surface area contributed by atoms with E-state index in [0.29, 0.717) is 5.56 Å². The highest BCUT2D eigenvalue weighted by molar-refractivity contribution is 5.96. The minimum atomic E-state index is -0.849. The van der Waals surface area contributed by atoms with E-state index in [1.54, 1.807) is 12.1 Å². The first kappa shape index (κ1) is 16.5. The average Bonchev–Trinajstić information content (AvgIpc) is 2.54. The van der Waals surface area contributed by atoms with E-state index in [9.17, 15) is 30.1 Å². The third-order valence-electron chi connectivity index (χ3n) is 2.84. The molecule has 0 heterocycles. The second kappa shape index (κ2) is 6.96. The van der Waals surface area contributed by atoms with Gasteiger partial charge in [0.25, 0.3) is 17.3 Å². The van der Waals surface area contributed by atoms with E-state index >= 15 is 0 Å². The van der Waals surface area contributed by atoms with Gasteiger partial charge < -0.3 is 5.11 Å². The summed E-state index contributed by atoms with van der Waals surface area (Å²) in [5, 5.41) is 34.5. The van der Waals surface area contributed by atoms with Gasteiger partial charge in [-0.3, -0.25) is 25.0 Å². The first-order valence-corrected chi connectivity index (χ1v) is 6.43. The highest BCUT2D eigenvalue weighted by Crippen LogP contribution is 2.22.